The lowest BCUT2D eigenvalue weighted by Crippen LogP contribution is -2.31. The lowest BCUT2D eigenvalue weighted by atomic mass is 10.1. The number of rotatable bonds is 6. The molecule has 0 radical (unpaired) electrons. The molecule has 1 N–H and O–H groups in total. The molecule has 2 atom stereocenters. The van der Waals surface area contributed by atoms with E-state index < -0.39 is 11.6 Å². The molecule has 0 saturated carbocycles. The van der Waals surface area contributed by atoms with Crippen LogP contribution >= 0.6 is 11.8 Å². The zero-order valence-corrected chi connectivity index (χ0v) is 13.1. The maximum Gasteiger partial charge on any atom is 0.241 e. The smallest absolute Gasteiger partial charge is 0.241 e. The third-order valence-corrected chi connectivity index (χ3v) is 4.33. The molecule has 1 aromatic carbocycles. The highest BCUT2D eigenvalue weighted by Gasteiger charge is 2.36. The molecule has 3 nitrogen and oxygen atoms in total. The summed E-state index contributed by atoms with van der Waals surface area (Å²) in [6.07, 6.45) is 3.61. The first-order chi connectivity index (χ1) is 10.0. The molecular weight excluding hydrogens is 294 g/mol. The van der Waals surface area contributed by atoms with E-state index in [4.69, 9.17) is 0 Å². The molecule has 1 fully saturated rings. The number of unbranched alkanes of at least 4 members (excludes halogenated alkanes) is 1. The van der Waals surface area contributed by atoms with Crippen molar-refractivity contribution in [3.05, 3.63) is 35.4 Å². The van der Waals surface area contributed by atoms with Gasteiger partial charge in [0, 0.05) is 6.54 Å². The molecule has 0 bridgehead atoms. The molecule has 1 saturated heterocycles. The summed E-state index contributed by atoms with van der Waals surface area (Å²) in [5, 5.41) is 3.14. The molecule has 2 unspecified atom stereocenters. The Morgan fingerprint density at radius 3 is 2.71 bits per heavy atom. The topological polar surface area (TPSA) is 32.3 Å². The zero-order valence-electron chi connectivity index (χ0n) is 12.2. The number of halogens is 2. The second-order valence-corrected chi connectivity index (χ2v) is 6.18. The summed E-state index contributed by atoms with van der Waals surface area (Å²) in [4.78, 5) is 13.9. The van der Waals surface area contributed by atoms with Crippen LogP contribution in [0.25, 0.3) is 0 Å². The molecule has 6 heteroatoms. The second kappa shape index (κ2) is 7.22. The number of thioether (sulfide) groups is 1. The molecule has 1 amide bonds. The normalized spacial score (nSPS) is 22.1. The van der Waals surface area contributed by atoms with Gasteiger partial charge in [0.05, 0.1) is 6.04 Å². The van der Waals surface area contributed by atoms with Gasteiger partial charge in [-0.25, -0.2) is 8.78 Å². The molecule has 0 aromatic heterocycles. The van der Waals surface area contributed by atoms with Gasteiger partial charge in [-0.1, -0.05) is 6.07 Å². The van der Waals surface area contributed by atoms with Crippen LogP contribution in [-0.4, -0.2) is 35.4 Å². The van der Waals surface area contributed by atoms with Crippen LogP contribution in [0.3, 0.4) is 0 Å². The van der Waals surface area contributed by atoms with Gasteiger partial charge in [0.1, 0.15) is 6.17 Å². The van der Waals surface area contributed by atoms with Crippen molar-refractivity contribution in [2.24, 2.45) is 0 Å². The van der Waals surface area contributed by atoms with Crippen molar-refractivity contribution in [2.75, 3.05) is 18.6 Å². The van der Waals surface area contributed by atoms with Gasteiger partial charge >= 0.3 is 0 Å². The largest absolute Gasteiger partial charge is 0.322 e. The molecular formula is C15H20F2N2OS. The minimum Gasteiger partial charge on any atom is -0.322 e. The third-order valence-electron chi connectivity index (χ3n) is 3.63. The number of hydrogen-bond donors (Lipinski definition) is 1. The molecule has 1 aromatic rings. The van der Waals surface area contributed by atoms with E-state index in [1.54, 1.807) is 23.6 Å². The minimum absolute atomic E-state index is 0.00823. The highest BCUT2D eigenvalue weighted by molar-refractivity contribution is 7.98. The lowest BCUT2D eigenvalue weighted by molar-refractivity contribution is -0.129. The van der Waals surface area contributed by atoms with Crippen LogP contribution in [0.1, 0.15) is 31.5 Å². The summed E-state index contributed by atoms with van der Waals surface area (Å²) in [6.45, 7) is 2.41. The lowest BCUT2D eigenvalue weighted by Gasteiger charge is -2.24. The summed E-state index contributed by atoms with van der Waals surface area (Å²) < 4.78 is 26.4. The van der Waals surface area contributed by atoms with Gasteiger partial charge in [-0.05, 0) is 49.5 Å². The molecule has 0 spiro atoms. The van der Waals surface area contributed by atoms with Gasteiger partial charge in [-0.15, -0.1) is 0 Å². The van der Waals surface area contributed by atoms with Gasteiger partial charge in [0.15, 0.2) is 11.6 Å². The standard InChI is InChI=1S/C15H20F2N2OS/c1-10-15(20)19(7-3-4-8-21-2)14(18-10)11-5-6-12(16)13(17)9-11/h5-6,9-10,14,18H,3-4,7-8H2,1-2H3. The Labute approximate surface area is 128 Å². The number of hydrogen-bond acceptors (Lipinski definition) is 3. The Morgan fingerprint density at radius 1 is 1.29 bits per heavy atom. The van der Waals surface area contributed by atoms with E-state index in [0.717, 1.165) is 30.7 Å². The monoisotopic (exact) mass is 314 g/mol. The Balaban J connectivity index is 2.11. The van der Waals surface area contributed by atoms with Crippen molar-refractivity contribution >= 4 is 17.7 Å². The van der Waals surface area contributed by atoms with Crippen molar-refractivity contribution < 1.29 is 13.6 Å². The fourth-order valence-corrected chi connectivity index (χ4v) is 2.99. The fraction of sp³-hybridized carbons (Fsp3) is 0.533. The Bertz CT molecular complexity index is 512. The van der Waals surface area contributed by atoms with Gasteiger partial charge in [0.2, 0.25) is 5.91 Å². The minimum atomic E-state index is -0.886. The Morgan fingerprint density at radius 2 is 2.05 bits per heavy atom. The number of nitrogens with zero attached hydrogens (tertiary/aromatic N) is 1. The molecule has 116 valence electrons. The highest BCUT2D eigenvalue weighted by atomic mass is 32.2. The number of carbonyl (C=O) groups excluding carboxylic acids is 1. The van der Waals surface area contributed by atoms with E-state index in [9.17, 15) is 13.6 Å². The molecule has 2 rings (SSSR count). The highest BCUT2D eigenvalue weighted by Crippen LogP contribution is 2.26. The zero-order chi connectivity index (χ0) is 15.4. The van der Waals surface area contributed by atoms with E-state index in [-0.39, 0.29) is 18.1 Å². The maximum atomic E-state index is 13.4. The summed E-state index contributed by atoms with van der Waals surface area (Å²) in [7, 11) is 0. The SMILES string of the molecule is CSCCCCN1C(=O)C(C)NC1c1ccc(F)c(F)c1. The van der Waals surface area contributed by atoms with E-state index in [1.807, 2.05) is 0 Å². The van der Waals surface area contributed by atoms with Crippen molar-refractivity contribution in [3.8, 4) is 0 Å². The maximum absolute atomic E-state index is 13.4. The average Bonchev–Trinajstić information content (AvgIpc) is 2.74. The molecule has 21 heavy (non-hydrogen) atoms. The van der Waals surface area contributed by atoms with E-state index >= 15 is 0 Å². The average molecular weight is 314 g/mol. The van der Waals surface area contributed by atoms with Gasteiger partial charge < -0.3 is 4.90 Å². The summed E-state index contributed by atoms with van der Waals surface area (Å²) >= 11 is 1.78. The van der Waals surface area contributed by atoms with Crippen molar-refractivity contribution in [1.29, 1.82) is 0 Å². The van der Waals surface area contributed by atoms with Crippen LogP contribution < -0.4 is 5.32 Å². The molecule has 1 aliphatic rings. The number of benzene rings is 1. The molecule has 1 aliphatic heterocycles. The number of amides is 1. The fourth-order valence-electron chi connectivity index (χ4n) is 2.50. The van der Waals surface area contributed by atoms with Gasteiger partial charge in [0.25, 0.3) is 0 Å². The Kier molecular flexibility index (Phi) is 5.58. The van der Waals surface area contributed by atoms with Crippen molar-refractivity contribution in [3.63, 3.8) is 0 Å². The summed E-state index contributed by atoms with van der Waals surface area (Å²) in [5.41, 5.74) is 0.580. The van der Waals surface area contributed by atoms with E-state index in [1.165, 1.54) is 6.07 Å². The van der Waals surface area contributed by atoms with Crippen LogP contribution in [0.2, 0.25) is 0 Å². The van der Waals surface area contributed by atoms with E-state index in [2.05, 4.69) is 11.6 Å². The predicted molar refractivity (Wildman–Crippen MR) is 81.0 cm³/mol. The number of nitrogens with one attached hydrogen (secondary N) is 1. The van der Waals surface area contributed by atoms with Crippen LogP contribution in [-0.2, 0) is 4.79 Å². The van der Waals surface area contributed by atoms with Crippen LogP contribution in [0.5, 0.6) is 0 Å². The van der Waals surface area contributed by atoms with Crippen molar-refractivity contribution in [1.82, 2.24) is 10.2 Å². The second-order valence-electron chi connectivity index (χ2n) is 5.20. The Hall–Kier alpha value is -1.14. The first kappa shape index (κ1) is 16.2. The van der Waals surface area contributed by atoms with E-state index in [0.29, 0.717) is 12.1 Å². The predicted octanol–water partition coefficient (Wildman–Crippen LogP) is 2.93. The van der Waals surface area contributed by atoms with Crippen molar-refractivity contribution in [2.45, 2.75) is 32.0 Å². The van der Waals surface area contributed by atoms with Crippen LogP contribution in [0, 0.1) is 11.6 Å². The van der Waals surface area contributed by atoms with Gasteiger partial charge in [-0.2, -0.15) is 11.8 Å². The van der Waals surface area contributed by atoms with Gasteiger partial charge in [-0.3, -0.25) is 10.1 Å². The van der Waals surface area contributed by atoms with Crippen LogP contribution in [0.15, 0.2) is 18.2 Å². The third kappa shape index (κ3) is 3.74. The number of carbonyl (C=O) groups is 1. The first-order valence-corrected chi connectivity index (χ1v) is 8.44. The summed E-state index contributed by atoms with van der Waals surface area (Å²) in [5.74, 6) is -0.693. The quantitative estimate of drug-likeness (QED) is 0.820. The molecule has 0 aliphatic carbocycles. The molecule has 1 heterocycles. The van der Waals surface area contributed by atoms with Crippen LogP contribution in [0.4, 0.5) is 8.78 Å². The summed E-state index contributed by atoms with van der Waals surface area (Å²) in [6, 6.07) is 3.48. The first-order valence-electron chi connectivity index (χ1n) is 7.05.